The van der Waals surface area contributed by atoms with Crippen LogP contribution in [0.2, 0.25) is 0 Å². The highest BCUT2D eigenvalue weighted by molar-refractivity contribution is 5.78. The Hall–Kier alpha value is -4.00. The molecule has 0 fully saturated rings. The normalized spacial score (nSPS) is 12.0. The zero-order valence-corrected chi connectivity index (χ0v) is 24.7. The van der Waals surface area contributed by atoms with Gasteiger partial charge in [-0.3, -0.25) is 9.59 Å². The fourth-order valence-corrected chi connectivity index (χ4v) is 2.84. The fourth-order valence-electron chi connectivity index (χ4n) is 2.84. The standard InChI is InChI=1S/C12H16O3.C11H14O3.C10H14O/c1-4-12(2,3)11(14)15-10-7-5-9(13)6-8-10;1-3-8(2)11(13)14-10-6-4-9(12)5-7-10;1-3-8(2)9-4-6-10(11)7-5-9/h5-8,13H,4H2,1-3H3;4-8,12H,3H2,1-2H3;4-8,11H,3H2,1-2H3. The number of hydrogen-bond acceptors (Lipinski definition) is 7. The number of carbonyl (C=O) groups is 2. The average molecular weight is 553 g/mol. The Kier molecular flexibility index (Phi) is 14.3. The number of rotatable bonds is 8. The van der Waals surface area contributed by atoms with Gasteiger partial charge in [0.25, 0.3) is 0 Å². The predicted octanol–water partition coefficient (Wildman–Crippen LogP) is 7.98. The van der Waals surface area contributed by atoms with Crippen molar-refractivity contribution in [3.05, 3.63) is 78.4 Å². The molecule has 0 bridgehead atoms. The highest BCUT2D eigenvalue weighted by Gasteiger charge is 2.27. The summed E-state index contributed by atoms with van der Waals surface area (Å²) in [6.07, 6.45) is 2.63. The van der Waals surface area contributed by atoms with E-state index in [1.54, 1.807) is 36.4 Å². The van der Waals surface area contributed by atoms with E-state index in [-0.39, 0.29) is 29.4 Å². The molecule has 3 aromatic rings. The van der Waals surface area contributed by atoms with Gasteiger partial charge >= 0.3 is 11.9 Å². The highest BCUT2D eigenvalue weighted by Crippen LogP contribution is 2.24. The first kappa shape index (κ1) is 34.0. The van der Waals surface area contributed by atoms with Crippen molar-refractivity contribution >= 4 is 11.9 Å². The van der Waals surface area contributed by atoms with Gasteiger partial charge in [0, 0.05) is 0 Å². The first-order valence-electron chi connectivity index (χ1n) is 13.6. The molecular formula is C33H44O7. The third kappa shape index (κ3) is 12.2. The van der Waals surface area contributed by atoms with Gasteiger partial charge in [0.15, 0.2) is 0 Å². The van der Waals surface area contributed by atoms with Crippen molar-refractivity contribution in [2.24, 2.45) is 11.3 Å². The smallest absolute Gasteiger partial charge is 0.316 e. The molecule has 2 unspecified atom stereocenters. The van der Waals surface area contributed by atoms with Crippen molar-refractivity contribution in [1.82, 2.24) is 0 Å². The number of carbonyl (C=O) groups excluding carboxylic acids is 2. The molecule has 0 saturated carbocycles. The topological polar surface area (TPSA) is 113 Å². The van der Waals surface area contributed by atoms with E-state index in [0.29, 0.717) is 23.2 Å². The molecule has 7 heteroatoms. The van der Waals surface area contributed by atoms with E-state index >= 15 is 0 Å². The van der Waals surface area contributed by atoms with Crippen LogP contribution in [-0.2, 0) is 9.59 Å². The highest BCUT2D eigenvalue weighted by atomic mass is 16.5. The molecule has 40 heavy (non-hydrogen) atoms. The van der Waals surface area contributed by atoms with Crippen LogP contribution in [0.3, 0.4) is 0 Å². The molecular weight excluding hydrogens is 508 g/mol. The van der Waals surface area contributed by atoms with Crippen molar-refractivity contribution in [2.75, 3.05) is 0 Å². The predicted molar refractivity (Wildman–Crippen MR) is 158 cm³/mol. The zero-order valence-electron chi connectivity index (χ0n) is 24.7. The number of phenols is 3. The molecule has 0 aliphatic heterocycles. The van der Waals surface area contributed by atoms with E-state index in [1.807, 2.05) is 46.8 Å². The number of benzene rings is 3. The fraction of sp³-hybridized carbons (Fsp3) is 0.394. The number of hydrogen-bond donors (Lipinski definition) is 3. The quantitative estimate of drug-likeness (QED) is 0.192. The molecule has 218 valence electrons. The van der Waals surface area contributed by atoms with Crippen molar-refractivity contribution in [1.29, 1.82) is 0 Å². The number of ether oxygens (including phenoxy) is 2. The molecule has 0 spiro atoms. The summed E-state index contributed by atoms with van der Waals surface area (Å²) in [5, 5.41) is 27.1. The lowest BCUT2D eigenvalue weighted by atomic mass is 9.91. The second kappa shape index (κ2) is 16.9. The first-order valence-corrected chi connectivity index (χ1v) is 13.6. The molecule has 7 nitrogen and oxygen atoms in total. The Balaban J connectivity index is 0.000000304. The van der Waals surface area contributed by atoms with Crippen LogP contribution in [0, 0.1) is 11.3 Å². The van der Waals surface area contributed by atoms with Gasteiger partial charge in [-0.1, -0.05) is 46.8 Å². The Morgan fingerprint density at radius 1 is 0.675 bits per heavy atom. The second-order valence-electron chi connectivity index (χ2n) is 10.2. The van der Waals surface area contributed by atoms with Crippen LogP contribution in [0.5, 0.6) is 28.7 Å². The van der Waals surface area contributed by atoms with Crippen LogP contribution >= 0.6 is 0 Å². The molecule has 2 atom stereocenters. The molecule has 0 heterocycles. The molecule has 0 aliphatic rings. The van der Waals surface area contributed by atoms with E-state index < -0.39 is 5.41 Å². The number of phenolic OH excluding ortho intramolecular Hbond substituents is 3. The molecule has 0 aliphatic carbocycles. The van der Waals surface area contributed by atoms with Gasteiger partial charge in [0.2, 0.25) is 0 Å². The molecule has 3 rings (SSSR count). The summed E-state index contributed by atoms with van der Waals surface area (Å²) in [6, 6.07) is 19.6. The van der Waals surface area contributed by atoms with Gasteiger partial charge in [0.05, 0.1) is 11.3 Å². The lowest BCUT2D eigenvalue weighted by Crippen LogP contribution is -2.28. The van der Waals surface area contributed by atoms with E-state index in [1.165, 1.54) is 29.8 Å². The van der Waals surface area contributed by atoms with Crippen molar-refractivity contribution in [3.63, 3.8) is 0 Å². The van der Waals surface area contributed by atoms with E-state index in [2.05, 4.69) is 13.8 Å². The lowest BCUT2D eigenvalue weighted by molar-refractivity contribution is -0.144. The van der Waals surface area contributed by atoms with E-state index in [0.717, 1.165) is 19.3 Å². The summed E-state index contributed by atoms with van der Waals surface area (Å²) in [6.45, 7) is 13.7. The summed E-state index contributed by atoms with van der Waals surface area (Å²) in [4.78, 5) is 23.0. The molecule has 0 saturated heterocycles. The monoisotopic (exact) mass is 552 g/mol. The largest absolute Gasteiger partial charge is 0.508 e. The van der Waals surface area contributed by atoms with E-state index in [9.17, 15) is 9.59 Å². The summed E-state index contributed by atoms with van der Waals surface area (Å²) in [5.41, 5.74) is 0.822. The third-order valence-electron chi connectivity index (χ3n) is 6.63. The summed E-state index contributed by atoms with van der Waals surface area (Å²) >= 11 is 0. The second-order valence-corrected chi connectivity index (χ2v) is 10.2. The van der Waals surface area contributed by atoms with Crippen LogP contribution in [0.25, 0.3) is 0 Å². The molecule has 3 N–H and O–H groups in total. The van der Waals surface area contributed by atoms with Gasteiger partial charge in [0.1, 0.15) is 28.7 Å². The minimum atomic E-state index is -0.474. The van der Waals surface area contributed by atoms with Crippen LogP contribution in [-0.4, -0.2) is 27.3 Å². The molecule has 3 aromatic carbocycles. The molecule has 0 radical (unpaired) electrons. The first-order chi connectivity index (χ1) is 18.8. The number of aromatic hydroxyl groups is 3. The lowest BCUT2D eigenvalue weighted by Gasteiger charge is -2.19. The van der Waals surface area contributed by atoms with Gasteiger partial charge < -0.3 is 24.8 Å². The van der Waals surface area contributed by atoms with Crippen LogP contribution < -0.4 is 9.47 Å². The zero-order chi connectivity index (χ0) is 30.3. The number of esters is 2. The van der Waals surface area contributed by atoms with Crippen LogP contribution in [0.1, 0.15) is 79.2 Å². The maximum absolute atomic E-state index is 11.7. The van der Waals surface area contributed by atoms with Crippen LogP contribution in [0.15, 0.2) is 72.8 Å². The van der Waals surface area contributed by atoms with Crippen molar-refractivity contribution < 1.29 is 34.4 Å². The maximum atomic E-state index is 11.7. The van der Waals surface area contributed by atoms with Crippen molar-refractivity contribution in [3.8, 4) is 28.7 Å². The Morgan fingerprint density at radius 3 is 1.45 bits per heavy atom. The maximum Gasteiger partial charge on any atom is 0.316 e. The van der Waals surface area contributed by atoms with E-state index in [4.69, 9.17) is 24.8 Å². The van der Waals surface area contributed by atoms with Gasteiger partial charge in [-0.25, -0.2) is 0 Å². The Bertz CT molecular complexity index is 1150. The molecule has 0 amide bonds. The average Bonchev–Trinajstić information content (AvgIpc) is 2.95. The Labute approximate surface area is 238 Å². The van der Waals surface area contributed by atoms with Gasteiger partial charge in [-0.05, 0) is 105 Å². The van der Waals surface area contributed by atoms with Gasteiger partial charge in [-0.2, -0.15) is 0 Å². The summed E-state index contributed by atoms with van der Waals surface area (Å²) in [7, 11) is 0. The summed E-state index contributed by atoms with van der Waals surface area (Å²) in [5.74, 6) is 1.59. The summed E-state index contributed by atoms with van der Waals surface area (Å²) < 4.78 is 10.2. The van der Waals surface area contributed by atoms with Gasteiger partial charge in [-0.15, -0.1) is 0 Å². The van der Waals surface area contributed by atoms with Crippen molar-refractivity contribution in [2.45, 2.75) is 73.6 Å². The minimum Gasteiger partial charge on any atom is -0.508 e. The Morgan fingerprint density at radius 2 is 1.07 bits per heavy atom. The SMILES string of the molecule is CCC(C)(C)C(=O)Oc1ccc(O)cc1.CCC(C)C(=O)Oc1ccc(O)cc1.CCC(C)c1ccc(O)cc1. The third-order valence-corrected chi connectivity index (χ3v) is 6.63. The minimum absolute atomic E-state index is 0.0937. The van der Waals surface area contributed by atoms with Crippen LogP contribution in [0.4, 0.5) is 0 Å². The molecule has 0 aromatic heterocycles.